The number of amides is 1. The molecule has 1 heterocycles. The predicted octanol–water partition coefficient (Wildman–Crippen LogP) is 4.83. The second-order valence-electron chi connectivity index (χ2n) is 8.02. The van der Waals surface area contributed by atoms with E-state index in [2.05, 4.69) is 35.2 Å². The Hall–Kier alpha value is -1.52. The van der Waals surface area contributed by atoms with Gasteiger partial charge in [0.15, 0.2) is 0 Å². The number of carbonyl (C=O) groups excluding carboxylic acids is 1. The number of likely N-dealkylation sites (tertiary alicyclic amines) is 1. The molecule has 1 aromatic rings. The molecule has 4 nitrogen and oxygen atoms in total. The van der Waals surface area contributed by atoms with Gasteiger partial charge in [0.25, 0.3) is 0 Å². The lowest BCUT2D eigenvalue weighted by atomic mass is 9.88. The highest BCUT2D eigenvalue weighted by molar-refractivity contribution is 5.96. The smallest absolute Gasteiger partial charge is 0.410 e. The molecule has 1 aliphatic heterocycles. The van der Waals surface area contributed by atoms with Gasteiger partial charge in [0.05, 0.1) is 0 Å². The van der Waals surface area contributed by atoms with Gasteiger partial charge >= 0.3 is 6.09 Å². The molecule has 0 bridgehead atoms. The number of ether oxygens (including phenoxy) is 1. The van der Waals surface area contributed by atoms with Gasteiger partial charge in [-0.3, -0.25) is 4.90 Å². The third-order valence-electron chi connectivity index (χ3n) is 6.24. The van der Waals surface area contributed by atoms with Crippen LogP contribution in [-0.4, -0.2) is 54.7 Å². The van der Waals surface area contributed by atoms with Gasteiger partial charge in [0.1, 0.15) is 6.10 Å². The average molecular weight is 391 g/mol. The Labute approximate surface area is 169 Å². The van der Waals surface area contributed by atoms with Crippen molar-refractivity contribution in [1.82, 2.24) is 9.80 Å². The summed E-state index contributed by atoms with van der Waals surface area (Å²) in [5.41, 5.74) is 4.22. The van der Waals surface area contributed by atoms with Gasteiger partial charge < -0.3 is 9.64 Å². The first-order valence-corrected chi connectivity index (χ1v) is 10.2. The van der Waals surface area contributed by atoms with Crippen LogP contribution in [0.15, 0.2) is 24.3 Å². The largest absolute Gasteiger partial charge is 0.446 e. The van der Waals surface area contributed by atoms with E-state index in [1.165, 1.54) is 36.0 Å². The Morgan fingerprint density at radius 2 is 1.81 bits per heavy atom. The Kier molecular flexibility index (Phi) is 6.83. The molecule has 3 aliphatic rings. The Bertz CT molecular complexity index is 677. The summed E-state index contributed by atoms with van der Waals surface area (Å²) in [7, 11) is 1.91. The Morgan fingerprint density at radius 3 is 2.52 bits per heavy atom. The predicted molar refractivity (Wildman–Crippen MR) is 112 cm³/mol. The lowest BCUT2D eigenvalue weighted by molar-refractivity contribution is 0.0344. The maximum Gasteiger partial charge on any atom is 0.410 e. The monoisotopic (exact) mass is 390 g/mol. The van der Waals surface area contributed by atoms with E-state index >= 15 is 0 Å². The highest BCUT2D eigenvalue weighted by atomic mass is 35.5. The van der Waals surface area contributed by atoms with Gasteiger partial charge in [0.2, 0.25) is 0 Å². The van der Waals surface area contributed by atoms with Crippen LogP contribution in [-0.2, 0) is 4.74 Å². The van der Waals surface area contributed by atoms with Crippen molar-refractivity contribution in [1.29, 1.82) is 0 Å². The number of hydrogen-bond donors (Lipinski definition) is 0. The number of carbonyl (C=O) groups is 1. The molecule has 0 aromatic heterocycles. The molecule has 5 heteroatoms. The van der Waals surface area contributed by atoms with Gasteiger partial charge in [-0.05, 0) is 61.3 Å². The molecule has 1 saturated carbocycles. The van der Waals surface area contributed by atoms with Crippen molar-refractivity contribution in [2.45, 2.75) is 57.1 Å². The van der Waals surface area contributed by atoms with Crippen molar-refractivity contribution >= 4 is 30.1 Å². The SMILES string of the molecule is CN(C(=O)OC1CCCCC1)C1CCN(CC2=Cc3ccccc32)CC1.Cl. The molecule has 1 saturated heterocycles. The summed E-state index contributed by atoms with van der Waals surface area (Å²) in [6, 6.07) is 8.92. The Morgan fingerprint density at radius 1 is 1.11 bits per heavy atom. The van der Waals surface area contributed by atoms with E-state index < -0.39 is 0 Å². The highest BCUT2D eigenvalue weighted by Gasteiger charge is 2.29. The summed E-state index contributed by atoms with van der Waals surface area (Å²) in [6.07, 6.45) is 10.1. The fourth-order valence-corrected chi connectivity index (χ4v) is 4.50. The summed E-state index contributed by atoms with van der Waals surface area (Å²) in [4.78, 5) is 16.8. The van der Waals surface area contributed by atoms with Crippen molar-refractivity contribution < 1.29 is 9.53 Å². The molecule has 148 valence electrons. The van der Waals surface area contributed by atoms with Gasteiger partial charge in [-0.15, -0.1) is 12.4 Å². The van der Waals surface area contributed by atoms with Crippen LogP contribution in [0, 0.1) is 0 Å². The quantitative estimate of drug-likeness (QED) is 0.738. The normalized spacial score (nSPS) is 20.7. The average Bonchev–Trinajstić information content (AvgIpc) is 2.67. The number of fused-ring (bicyclic) bond motifs is 1. The zero-order valence-corrected chi connectivity index (χ0v) is 17.0. The van der Waals surface area contributed by atoms with E-state index in [1.807, 2.05) is 11.9 Å². The second-order valence-corrected chi connectivity index (χ2v) is 8.02. The maximum atomic E-state index is 12.4. The van der Waals surface area contributed by atoms with Crippen molar-refractivity contribution in [2.75, 3.05) is 26.7 Å². The zero-order chi connectivity index (χ0) is 17.9. The van der Waals surface area contributed by atoms with Gasteiger partial charge in [0, 0.05) is 32.7 Å². The lowest BCUT2D eigenvalue weighted by Crippen LogP contribution is -2.46. The lowest BCUT2D eigenvalue weighted by Gasteiger charge is -2.38. The molecule has 0 unspecified atom stereocenters. The van der Waals surface area contributed by atoms with Gasteiger partial charge in [-0.2, -0.15) is 0 Å². The summed E-state index contributed by atoms with van der Waals surface area (Å²) < 4.78 is 5.73. The fraction of sp³-hybridized carbons (Fsp3) is 0.591. The minimum absolute atomic E-state index is 0. The topological polar surface area (TPSA) is 32.8 Å². The number of nitrogens with zero attached hydrogens (tertiary/aromatic N) is 2. The molecule has 1 aromatic carbocycles. The third-order valence-corrected chi connectivity index (χ3v) is 6.24. The molecular weight excluding hydrogens is 360 g/mol. The molecule has 0 radical (unpaired) electrons. The van der Waals surface area contributed by atoms with E-state index in [0.717, 1.165) is 45.3 Å². The number of piperidine rings is 1. The van der Waals surface area contributed by atoms with Crippen molar-refractivity contribution in [3.8, 4) is 0 Å². The second kappa shape index (κ2) is 9.11. The van der Waals surface area contributed by atoms with Crippen LogP contribution in [0.3, 0.4) is 0 Å². The van der Waals surface area contributed by atoms with E-state index in [-0.39, 0.29) is 24.6 Å². The first kappa shape index (κ1) is 20.2. The number of hydrogen-bond acceptors (Lipinski definition) is 3. The Balaban J connectivity index is 0.00000210. The molecule has 0 spiro atoms. The molecule has 0 N–H and O–H groups in total. The number of benzene rings is 1. The molecule has 2 aliphatic carbocycles. The zero-order valence-electron chi connectivity index (χ0n) is 16.2. The van der Waals surface area contributed by atoms with Crippen LogP contribution in [0.5, 0.6) is 0 Å². The van der Waals surface area contributed by atoms with Crippen LogP contribution in [0.1, 0.15) is 56.1 Å². The van der Waals surface area contributed by atoms with Crippen LogP contribution >= 0.6 is 12.4 Å². The van der Waals surface area contributed by atoms with Crippen molar-refractivity contribution in [3.05, 3.63) is 35.4 Å². The van der Waals surface area contributed by atoms with Crippen molar-refractivity contribution in [3.63, 3.8) is 0 Å². The first-order valence-electron chi connectivity index (χ1n) is 10.2. The summed E-state index contributed by atoms with van der Waals surface area (Å²) in [5, 5.41) is 0. The van der Waals surface area contributed by atoms with Crippen LogP contribution in [0.25, 0.3) is 11.6 Å². The van der Waals surface area contributed by atoms with Crippen LogP contribution in [0.4, 0.5) is 4.79 Å². The van der Waals surface area contributed by atoms with Gasteiger partial charge in [-0.25, -0.2) is 4.79 Å². The molecule has 27 heavy (non-hydrogen) atoms. The van der Waals surface area contributed by atoms with Crippen LogP contribution in [0.2, 0.25) is 0 Å². The summed E-state index contributed by atoms with van der Waals surface area (Å²) in [6.45, 7) is 3.12. The van der Waals surface area contributed by atoms with Crippen LogP contribution < -0.4 is 0 Å². The highest BCUT2D eigenvalue weighted by Crippen LogP contribution is 2.33. The first-order chi connectivity index (χ1) is 12.7. The van der Waals surface area contributed by atoms with E-state index in [9.17, 15) is 4.79 Å². The summed E-state index contributed by atoms with van der Waals surface area (Å²) >= 11 is 0. The fourth-order valence-electron chi connectivity index (χ4n) is 4.50. The molecule has 2 fully saturated rings. The van der Waals surface area contributed by atoms with Crippen molar-refractivity contribution in [2.24, 2.45) is 0 Å². The minimum Gasteiger partial charge on any atom is -0.446 e. The van der Waals surface area contributed by atoms with E-state index in [0.29, 0.717) is 6.04 Å². The summed E-state index contributed by atoms with van der Waals surface area (Å²) in [5.74, 6) is 0. The number of rotatable bonds is 4. The molecular formula is C22H31ClN2O2. The minimum atomic E-state index is -0.119. The molecule has 0 atom stereocenters. The number of halogens is 1. The van der Waals surface area contributed by atoms with Gasteiger partial charge in [-0.1, -0.05) is 30.7 Å². The van der Waals surface area contributed by atoms with E-state index in [4.69, 9.17) is 4.74 Å². The molecule has 4 rings (SSSR count). The van der Waals surface area contributed by atoms with E-state index in [1.54, 1.807) is 0 Å². The maximum absolute atomic E-state index is 12.4. The third kappa shape index (κ3) is 4.67. The molecule has 1 amide bonds. The standard InChI is InChI=1S/C22H30N2O2.ClH/c1-23(22(25)26-20-8-3-2-4-9-20)19-11-13-24(14-12-19)16-18-15-17-7-5-6-10-21(17)18;/h5-7,10,15,19-20H,2-4,8-9,11-14,16H2,1H3;1H.